The number of aliphatic hydroxyl groups is 1. The second-order valence-corrected chi connectivity index (χ2v) is 14.5. The second kappa shape index (κ2) is 20.0. The van der Waals surface area contributed by atoms with Crippen LogP contribution in [0.5, 0.6) is 0 Å². The van der Waals surface area contributed by atoms with E-state index >= 15 is 0 Å². The molecule has 0 aliphatic rings. The third-order valence-electron chi connectivity index (χ3n) is 6.52. The number of carbonyl (C=O) groups is 4. The number of ether oxygens (including phenoxy) is 4. The van der Waals surface area contributed by atoms with E-state index in [1.165, 1.54) is 52.2 Å². The first kappa shape index (κ1) is 44.0. The zero-order valence-corrected chi connectivity index (χ0v) is 30.6. The fourth-order valence-corrected chi connectivity index (χ4v) is 4.23. The number of pyridine rings is 1. The number of rotatable bonds is 22. The zero-order valence-electron chi connectivity index (χ0n) is 28.8. The number of aromatic nitrogens is 1. The van der Waals surface area contributed by atoms with Gasteiger partial charge >= 0.3 is 46.4 Å². The van der Waals surface area contributed by atoms with Gasteiger partial charge in [0.15, 0.2) is 0 Å². The summed E-state index contributed by atoms with van der Waals surface area (Å²) in [6.07, 6.45) is 2.14. The summed E-state index contributed by atoms with van der Waals surface area (Å²) in [5.41, 5.74) is 9.07. The van der Waals surface area contributed by atoms with Crippen molar-refractivity contribution in [3.63, 3.8) is 0 Å². The Morgan fingerprint density at radius 3 is 1.53 bits per heavy atom. The van der Waals surface area contributed by atoms with Crippen molar-refractivity contribution in [2.75, 3.05) is 26.8 Å². The fourth-order valence-electron chi connectivity index (χ4n) is 3.12. The third-order valence-corrected chi connectivity index (χ3v) is 8.02. The molecule has 20 heteroatoms. The SMILES string of the molecule is CC(C)[C@H](N)C(=O)OCC(C)(C)C(=O)OCO[P+](=O)OC(O)(Cc1cccnc1)O[P+](=O)OCOC(=O)C(C)(C)COC(=O)[C@@H](N)C(C)C. The average Bonchev–Trinajstić information content (AvgIpc) is 3.01. The first-order valence-electron chi connectivity index (χ1n) is 15.0. The van der Waals surface area contributed by atoms with Gasteiger partial charge in [0.05, 0.1) is 17.3 Å². The molecular weight excluding hydrogens is 692 g/mol. The monoisotopic (exact) mass is 739 g/mol. The summed E-state index contributed by atoms with van der Waals surface area (Å²) in [6.45, 7) is 10.0. The Hall–Kier alpha value is -3.05. The Bertz CT molecular complexity index is 1220. The molecule has 0 saturated carbocycles. The topological polar surface area (TPSA) is 261 Å². The van der Waals surface area contributed by atoms with Crippen molar-refractivity contribution in [1.29, 1.82) is 0 Å². The quantitative estimate of drug-likeness (QED) is 0.0668. The Kier molecular flexibility index (Phi) is 17.9. The van der Waals surface area contributed by atoms with E-state index in [0.29, 0.717) is 0 Å². The van der Waals surface area contributed by atoms with Gasteiger partial charge in [0.25, 0.3) is 0 Å². The number of carbonyl (C=O) groups excluding carboxylic acids is 4. The van der Waals surface area contributed by atoms with Gasteiger partial charge < -0.3 is 35.5 Å². The van der Waals surface area contributed by atoms with Crippen molar-refractivity contribution in [1.82, 2.24) is 4.98 Å². The van der Waals surface area contributed by atoms with Crippen LogP contribution in [0.25, 0.3) is 0 Å². The predicted octanol–water partition coefficient (Wildman–Crippen LogP) is 2.76. The van der Waals surface area contributed by atoms with Crippen LogP contribution in [0.15, 0.2) is 24.5 Å². The van der Waals surface area contributed by atoms with Gasteiger partial charge in [-0.15, -0.1) is 0 Å². The van der Waals surface area contributed by atoms with Crippen LogP contribution in [-0.2, 0) is 71.8 Å². The second-order valence-electron chi connectivity index (χ2n) is 12.8. The van der Waals surface area contributed by atoms with Gasteiger partial charge in [-0.2, -0.15) is 0 Å². The zero-order chi connectivity index (χ0) is 37.6. The third kappa shape index (κ3) is 16.0. The number of hydrogen-bond acceptors (Lipinski definition) is 18. The molecule has 0 spiro atoms. The molecular formula is C29H47N3O15P2+2. The van der Waals surface area contributed by atoms with E-state index in [9.17, 15) is 33.4 Å². The molecule has 276 valence electrons. The number of nitrogens with two attached hydrogens (primary N) is 2. The van der Waals surface area contributed by atoms with Crippen LogP contribution in [0.1, 0.15) is 61.0 Å². The van der Waals surface area contributed by atoms with Gasteiger partial charge in [0.2, 0.25) is 13.6 Å². The fraction of sp³-hybridized carbons (Fsp3) is 0.690. The molecule has 0 aliphatic heterocycles. The highest BCUT2D eigenvalue weighted by atomic mass is 31.1. The lowest BCUT2D eigenvalue weighted by molar-refractivity contribution is -0.274. The highest BCUT2D eigenvalue weighted by Crippen LogP contribution is 2.40. The lowest BCUT2D eigenvalue weighted by Gasteiger charge is -2.23. The minimum absolute atomic E-state index is 0.188. The first-order valence-corrected chi connectivity index (χ1v) is 17.2. The largest absolute Gasteiger partial charge is 0.706 e. The molecule has 1 heterocycles. The van der Waals surface area contributed by atoms with E-state index in [0.717, 1.165) is 0 Å². The molecule has 2 unspecified atom stereocenters. The lowest BCUT2D eigenvalue weighted by Crippen LogP contribution is -2.40. The van der Waals surface area contributed by atoms with Gasteiger partial charge in [-0.25, -0.2) is 0 Å². The van der Waals surface area contributed by atoms with E-state index in [1.54, 1.807) is 27.7 Å². The maximum absolute atomic E-state index is 12.5. The predicted molar refractivity (Wildman–Crippen MR) is 169 cm³/mol. The molecule has 1 aromatic rings. The van der Waals surface area contributed by atoms with Crippen LogP contribution >= 0.6 is 16.5 Å². The van der Waals surface area contributed by atoms with Crippen molar-refractivity contribution in [2.45, 2.75) is 79.9 Å². The number of esters is 4. The van der Waals surface area contributed by atoms with Crippen LogP contribution in [0.3, 0.4) is 0 Å². The van der Waals surface area contributed by atoms with Crippen LogP contribution in [-0.4, -0.2) is 78.8 Å². The summed E-state index contributed by atoms with van der Waals surface area (Å²) in [7, 11) is -6.60. The van der Waals surface area contributed by atoms with E-state index in [-0.39, 0.29) is 30.6 Å². The smallest absolute Gasteiger partial charge is 0.463 e. The van der Waals surface area contributed by atoms with Crippen molar-refractivity contribution >= 4 is 40.4 Å². The van der Waals surface area contributed by atoms with E-state index < -0.39 is 89.3 Å². The van der Waals surface area contributed by atoms with Gasteiger partial charge in [0, 0.05) is 21.5 Å². The van der Waals surface area contributed by atoms with Crippen LogP contribution in [0, 0.1) is 22.7 Å². The highest BCUT2D eigenvalue weighted by Gasteiger charge is 2.51. The first-order chi connectivity index (χ1) is 22.6. The summed E-state index contributed by atoms with van der Waals surface area (Å²) in [4.78, 5) is 52.9. The van der Waals surface area contributed by atoms with Crippen molar-refractivity contribution in [2.24, 2.45) is 34.1 Å². The molecule has 1 aromatic heterocycles. The summed E-state index contributed by atoms with van der Waals surface area (Å²) >= 11 is 0. The van der Waals surface area contributed by atoms with Crippen molar-refractivity contribution in [3.8, 4) is 0 Å². The molecule has 0 saturated heterocycles. The van der Waals surface area contributed by atoms with E-state index in [4.69, 9.17) is 48.5 Å². The van der Waals surface area contributed by atoms with Gasteiger partial charge in [-0.05, 0) is 60.2 Å². The number of hydrogen-bond donors (Lipinski definition) is 3. The van der Waals surface area contributed by atoms with E-state index in [2.05, 4.69) is 4.98 Å². The Morgan fingerprint density at radius 2 is 1.18 bits per heavy atom. The Morgan fingerprint density at radius 1 is 0.776 bits per heavy atom. The minimum atomic E-state index is -3.30. The van der Waals surface area contributed by atoms with Crippen molar-refractivity contribution in [3.05, 3.63) is 30.1 Å². The summed E-state index contributed by atoms with van der Waals surface area (Å²) in [5, 5.41) is 11.0. The van der Waals surface area contributed by atoms with Crippen LogP contribution < -0.4 is 11.5 Å². The van der Waals surface area contributed by atoms with Gasteiger partial charge in [-0.3, -0.25) is 24.2 Å². The van der Waals surface area contributed by atoms with Gasteiger partial charge in [0.1, 0.15) is 25.3 Å². The van der Waals surface area contributed by atoms with E-state index in [1.807, 2.05) is 0 Å². The maximum Gasteiger partial charge on any atom is 0.706 e. The number of nitrogens with zero attached hydrogens (tertiary/aromatic N) is 1. The summed E-state index contributed by atoms with van der Waals surface area (Å²) in [5.74, 6) is -6.48. The summed E-state index contributed by atoms with van der Waals surface area (Å²) < 4.78 is 64.8. The molecule has 0 radical (unpaired) electrons. The Balaban J connectivity index is 2.74. The molecule has 0 aromatic carbocycles. The molecule has 18 nitrogen and oxygen atoms in total. The molecule has 4 atom stereocenters. The summed E-state index contributed by atoms with van der Waals surface area (Å²) in [6, 6.07) is 1.23. The van der Waals surface area contributed by atoms with Crippen molar-refractivity contribution < 1.29 is 70.5 Å². The maximum atomic E-state index is 12.5. The molecule has 1 rings (SSSR count). The normalized spacial score (nSPS) is 15.1. The highest BCUT2D eigenvalue weighted by molar-refractivity contribution is 7.34. The standard InChI is InChI=1S/C29H47N3O15P2/c1-18(2)21(30)23(33)40-14-27(5,6)25(35)42-16-44-48(38)46-29(37,12-20-10-9-11-32-13-20)47-49(39)45-17-43-26(36)28(7,8)15-41-24(34)22(31)19(3)4/h9-11,13,18-19,21-22,37H,12,14-17,30-31H2,1-8H3/q+2/t21-,22-/m0/s1. The molecule has 0 aliphatic carbocycles. The van der Waals surface area contributed by atoms with Crippen LogP contribution in [0.2, 0.25) is 0 Å². The molecule has 0 amide bonds. The lowest BCUT2D eigenvalue weighted by atomic mass is 9.95. The van der Waals surface area contributed by atoms with Crippen LogP contribution in [0.4, 0.5) is 0 Å². The van der Waals surface area contributed by atoms with Gasteiger partial charge in [-0.1, -0.05) is 42.8 Å². The molecule has 0 fully saturated rings. The Labute approximate surface area is 286 Å². The average molecular weight is 740 g/mol. The minimum Gasteiger partial charge on any atom is -0.463 e. The molecule has 49 heavy (non-hydrogen) atoms. The molecule has 5 N–H and O–H groups in total. The molecule has 0 bridgehead atoms.